The molecule has 0 aliphatic carbocycles. The number of halogens is 1. The molecule has 0 N–H and O–H groups in total. The molecule has 1 amide bonds. The Balaban J connectivity index is 1.13. The highest BCUT2D eigenvalue weighted by Crippen LogP contribution is 2.35. The molecule has 2 aliphatic rings. The van der Waals surface area contributed by atoms with Crippen LogP contribution in [0.1, 0.15) is 69.9 Å². The second-order valence-corrected chi connectivity index (χ2v) is 10.8. The number of amides is 1. The van der Waals surface area contributed by atoms with Crippen molar-refractivity contribution in [2.24, 2.45) is 0 Å². The van der Waals surface area contributed by atoms with Gasteiger partial charge < -0.3 is 14.3 Å². The number of hydrogen-bond acceptors (Lipinski definition) is 6. The average molecular weight is 484 g/mol. The fourth-order valence-electron chi connectivity index (χ4n) is 5.42. The van der Waals surface area contributed by atoms with E-state index in [0.717, 1.165) is 66.8 Å². The third-order valence-electron chi connectivity index (χ3n) is 7.27. The molecular formula is C26H30FN3O3S. The van der Waals surface area contributed by atoms with Crippen molar-refractivity contribution in [1.29, 1.82) is 0 Å². The van der Waals surface area contributed by atoms with Crippen LogP contribution in [0.15, 0.2) is 22.7 Å². The van der Waals surface area contributed by atoms with Crippen molar-refractivity contribution in [3.05, 3.63) is 50.6 Å². The number of likely N-dealkylation sites (tertiary alicyclic amines) is 1. The molecule has 1 fully saturated rings. The number of ketones is 1. The zero-order chi connectivity index (χ0) is 23.8. The van der Waals surface area contributed by atoms with E-state index in [1.807, 2.05) is 11.8 Å². The highest BCUT2D eigenvalue weighted by Gasteiger charge is 2.28. The third kappa shape index (κ3) is 4.53. The lowest BCUT2D eigenvalue weighted by Crippen LogP contribution is -2.34. The zero-order valence-electron chi connectivity index (χ0n) is 19.7. The molecule has 0 unspecified atom stereocenters. The molecular weight excluding hydrogens is 453 g/mol. The van der Waals surface area contributed by atoms with Crippen molar-refractivity contribution in [1.82, 2.24) is 15.0 Å². The Bertz CT molecular complexity index is 1230. The van der Waals surface area contributed by atoms with Crippen molar-refractivity contribution in [3.8, 4) is 0 Å². The Labute approximate surface area is 202 Å². The van der Waals surface area contributed by atoms with E-state index < -0.39 is 0 Å². The van der Waals surface area contributed by atoms with Crippen LogP contribution in [0.3, 0.4) is 0 Å². The van der Waals surface area contributed by atoms with Gasteiger partial charge in [0.25, 0.3) is 0 Å². The van der Waals surface area contributed by atoms with Gasteiger partial charge in [-0.15, -0.1) is 11.3 Å². The molecule has 0 spiro atoms. The number of rotatable bonds is 6. The quantitative estimate of drug-likeness (QED) is 0.457. The van der Waals surface area contributed by atoms with Gasteiger partial charge >= 0.3 is 0 Å². The van der Waals surface area contributed by atoms with Crippen LogP contribution in [0.4, 0.5) is 4.39 Å². The van der Waals surface area contributed by atoms with Crippen molar-refractivity contribution < 1.29 is 18.5 Å². The first-order valence-electron chi connectivity index (χ1n) is 12.1. The second-order valence-electron chi connectivity index (χ2n) is 9.48. The van der Waals surface area contributed by atoms with Crippen LogP contribution in [-0.2, 0) is 17.8 Å². The lowest BCUT2D eigenvalue weighted by Gasteiger charge is -2.31. The first-order valence-corrected chi connectivity index (χ1v) is 12.9. The summed E-state index contributed by atoms with van der Waals surface area (Å²) < 4.78 is 18.8. The van der Waals surface area contributed by atoms with E-state index in [4.69, 9.17) is 4.52 Å². The normalized spacial score (nSPS) is 17.3. The average Bonchev–Trinajstić information content (AvgIpc) is 3.38. The summed E-state index contributed by atoms with van der Waals surface area (Å²) >= 11 is 1.67. The van der Waals surface area contributed by atoms with Gasteiger partial charge in [0.05, 0.1) is 12.2 Å². The van der Waals surface area contributed by atoms with Gasteiger partial charge in [-0.05, 0) is 69.9 Å². The van der Waals surface area contributed by atoms with E-state index in [9.17, 15) is 14.0 Å². The highest BCUT2D eigenvalue weighted by molar-refractivity contribution is 7.12. The van der Waals surface area contributed by atoms with Gasteiger partial charge in [0, 0.05) is 52.6 Å². The molecule has 0 radical (unpaired) electrons. The number of hydrogen-bond donors (Lipinski definition) is 0. The molecule has 180 valence electrons. The molecule has 2 aliphatic heterocycles. The number of Topliss-reactive ketones (excluding diaryl/α,β-unsaturated/α-hetero) is 1. The minimum atomic E-state index is -0.309. The summed E-state index contributed by atoms with van der Waals surface area (Å²) in [5.74, 6) is 0.344. The van der Waals surface area contributed by atoms with Gasteiger partial charge in [-0.25, -0.2) is 4.39 Å². The van der Waals surface area contributed by atoms with Gasteiger partial charge in [-0.1, -0.05) is 5.16 Å². The molecule has 1 saturated heterocycles. The summed E-state index contributed by atoms with van der Waals surface area (Å²) in [5, 5.41) is 5.14. The maximum absolute atomic E-state index is 13.4. The minimum Gasteiger partial charge on any atom is -0.356 e. The second kappa shape index (κ2) is 9.58. The Morgan fingerprint density at radius 3 is 2.79 bits per heavy atom. The van der Waals surface area contributed by atoms with Crippen LogP contribution < -0.4 is 0 Å². The van der Waals surface area contributed by atoms with Crippen LogP contribution in [0, 0.1) is 12.7 Å². The van der Waals surface area contributed by atoms with Crippen LogP contribution >= 0.6 is 11.3 Å². The summed E-state index contributed by atoms with van der Waals surface area (Å²) in [6.45, 7) is 7.80. The molecule has 2 aromatic heterocycles. The fourth-order valence-corrected chi connectivity index (χ4v) is 6.67. The number of thiophene rings is 1. The number of aromatic nitrogens is 1. The monoisotopic (exact) mass is 483 g/mol. The summed E-state index contributed by atoms with van der Waals surface area (Å²) in [6, 6.07) is 4.61. The van der Waals surface area contributed by atoms with Crippen molar-refractivity contribution in [3.63, 3.8) is 0 Å². The van der Waals surface area contributed by atoms with E-state index in [2.05, 4.69) is 10.1 Å². The molecule has 6 nitrogen and oxygen atoms in total. The number of benzene rings is 1. The summed E-state index contributed by atoms with van der Waals surface area (Å²) in [5.41, 5.74) is 3.53. The first-order chi connectivity index (χ1) is 16.4. The molecule has 5 rings (SSSR count). The van der Waals surface area contributed by atoms with Crippen LogP contribution in [-0.4, -0.2) is 52.8 Å². The van der Waals surface area contributed by atoms with E-state index in [0.29, 0.717) is 31.0 Å². The maximum atomic E-state index is 13.4. The predicted molar refractivity (Wildman–Crippen MR) is 130 cm³/mol. The summed E-state index contributed by atoms with van der Waals surface area (Å²) in [6.07, 6.45) is 4.14. The Morgan fingerprint density at radius 2 is 2.03 bits per heavy atom. The Morgan fingerprint density at radius 1 is 1.24 bits per heavy atom. The van der Waals surface area contributed by atoms with E-state index in [1.54, 1.807) is 24.3 Å². The first kappa shape index (κ1) is 23.2. The smallest absolute Gasteiger partial charge is 0.219 e. The lowest BCUT2D eigenvalue weighted by atomic mass is 9.91. The number of piperidine rings is 1. The minimum absolute atomic E-state index is 0.0963. The molecule has 0 atom stereocenters. The van der Waals surface area contributed by atoms with E-state index in [1.165, 1.54) is 22.6 Å². The number of carbonyl (C=O) groups is 2. The zero-order valence-corrected chi connectivity index (χ0v) is 20.5. The fraction of sp³-hybridized carbons (Fsp3) is 0.500. The topological polar surface area (TPSA) is 66.7 Å². The van der Waals surface area contributed by atoms with Gasteiger partial charge in [-0.2, -0.15) is 0 Å². The number of fused-ring (bicyclic) bond motifs is 2. The molecule has 4 heterocycles. The van der Waals surface area contributed by atoms with Crippen molar-refractivity contribution in [2.75, 3.05) is 26.2 Å². The molecule has 3 aromatic rings. The maximum Gasteiger partial charge on any atom is 0.219 e. The van der Waals surface area contributed by atoms with E-state index in [-0.39, 0.29) is 17.5 Å². The molecule has 8 heteroatoms. The van der Waals surface area contributed by atoms with Crippen molar-refractivity contribution in [2.45, 2.75) is 58.4 Å². The highest BCUT2D eigenvalue weighted by atomic mass is 32.1. The summed E-state index contributed by atoms with van der Waals surface area (Å²) in [4.78, 5) is 31.3. The Hall–Kier alpha value is -2.58. The summed E-state index contributed by atoms with van der Waals surface area (Å²) in [7, 11) is 0. The predicted octanol–water partition coefficient (Wildman–Crippen LogP) is 5.08. The van der Waals surface area contributed by atoms with Gasteiger partial charge in [0.2, 0.25) is 5.91 Å². The molecule has 1 aromatic carbocycles. The molecule has 0 saturated carbocycles. The standard InChI is InChI=1S/C26H30FN3O3S/c1-16-25(21-9-13-30(17(2)31)15-24(21)34-16)22(32)4-3-10-29-11-7-18(8-12-29)26-20-6-5-19(27)14-23(20)33-28-26/h5-6,14,18H,3-4,7-13,15H2,1-2H3. The molecule has 34 heavy (non-hydrogen) atoms. The van der Waals surface area contributed by atoms with Gasteiger partial charge in [-0.3, -0.25) is 9.59 Å². The van der Waals surface area contributed by atoms with E-state index >= 15 is 0 Å². The SMILES string of the molecule is CC(=O)N1CCc2c(sc(C)c2C(=O)CCCN2CCC(c3noc4cc(F)ccc34)CC2)C1. The van der Waals surface area contributed by atoms with Crippen LogP contribution in [0.5, 0.6) is 0 Å². The van der Waals surface area contributed by atoms with Gasteiger partial charge in [0.1, 0.15) is 5.82 Å². The lowest BCUT2D eigenvalue weighted by molar-refractivity contribution is -0.129. The van der Waals surface area contributed by atoms with Gasteiger partial charge in [0.15, 0.2) is 11.4 Å². The Kier molecular flexibility index (Phi) is 6.53. The largest absolute Gasteiger partial charge is 0.356 e. The number of carbonyl (C=O) groups excluding carboxylic acids is 2. The number of nitrogens with zero attached hydrogens (tertiary/aromatic N) is 3. The number of aryl methyl sites for hydroxylation is 1. The molecule has 0 bridgehead atoms. The van der Waals surface area contributed by atoms with Crippen LogP contribution in [0.25, 0.3) is 11.0 Å². The van der Waals surface area contributed by atoms with Crippen LogP contribution in [0.2, 0.25) is 0 Å². The van der Waals surface area contributed by atoms with Crippen molar-refractivity contribution >= 4 is 34.0 Å². The third-order valence-corrected chi connectivity index (χ3v) is 8.40.